The number of rotatable bonds is 13. The quantitative estimate of drug-likeness (QED) is 0.183. The molecular weight excluding hydrogens is 682 g/mol. The fourth-order valence-electron chi connectivity index (χ4n) is 5.26. The van der Waals surface area contributed by atoms with Crippen LogP contribution in [0.2, 0.25) is 0 Å². The molecule has 0 aromatic heterocycles. The molecule has 1 N–H and O–H groups in total. The third-order valence-corrected chi connectivity index (χ3v) is 10.2. The lowest BCUT2D eigenvalue weighted by Gasteiger charge is -2.34. The van der Waals surface area contributed by atoms with Crippen molar-refractivity contribution in [2.24, 2.45) is 0 Å². The van der Waals surface area contributed by atoms with E-state index < -0.39 is 28.5 Å². The van der Waals surface area contributed by atoms with E-state index in [9.17, 15) is 18.0 Å². The van der Waals surface area contributed by atoms with Gasteiger partial charge in [0, 0.05) is 29.5 Å². The maximum Gasteiger partial charge on any atom is 0.264 e. The summed E-state index contributed by atoms with van der Waals surface area (Å²) in [6, 6.07) is 28.7. The van der Waals surface area contributed by atoms with E-state index in [0.717, 1.165) is 19.9 Å². The van der Waals surface area contributed by atoms with Crippen molar-refractivity contribution < 1.29 is 27.5 Å². The molecule has 2 atom stereocenters. The second kappa shape index (κ2) is 15.5. The minimum atomic E-state index is -4.24. The molecule has 11 heteroatoms. The van der Waals surface area contributed by atoms with Gasteiger partial charge in [0.25, 0.3) is 10.0 Å². The molecule has 1 aliphatic heterocycles. The first-order valence-corrected chi connectivity index (χ1v) is 17.7. The fourth-order valence-corrected chi connectivity index (χ4v) is 7.14. The van der Waals surface area contributed by atoms with Crippen LogP contribution in [0.25, 0.3) is 0 Å². The number of halogens is 1. The Morgan fingerprint density at radius 1 is 0.851 bits per heavy atom. The van der Waals surface area contributed by atoms with Crippen molar-refractivity contribution >= 4 is 43.5 Å². The van der Waals surface area contributed by atoms with Gasteiger partial charge in [0.2, 0.25) is 11.8 Å². The van der Waals surface area contributed by atoms with E-state index in [1.54, 1.807) is 36.4 Å². The number of hydrogen-bond donors (Lipinski definition) is 1. The summed E-state index contributed by atoms with van der Waals surface area (Å²) in [7, 11) is -4.24. The van der Waals surface area contributed by atoms with Crippen LogP contribution in [-0.4, -0.2) is 57.0 Å². The van der Waals surface area contributed by atoms with Crippen LogP contribution in [0.1, 0.15) is 31.4 Å². The highest BCUT2D eigenvalue weighted by Crippen LogP contribution is 2.36. The van der Waals surface area contributed by atoms with Gasteiger partial charge in [0.15, 0.2) is 11.5 Å². The Balaban J connectivity index is 1.59. The van der Waals surface area contributed by atoms with E-state index in [-0.39, 0.29) is 35.5 Å². The highest BCUT2D eigenvalue weighted by molar-refractivity contribution is 9.10. The third-order valence-electron chi connectivity index (χ3n) is 7.94. The molecule has 47 heavy (non-hydrogen) atoms. The van der Waals surface area contributed by atoms with Gasteiger partial charge in [-0.05, 0) is 60.9 Å². The molecule has 1 aliphatic rings. The Morgan fingerprint density at radius 2 is 1.51 bits per heavy atom. The Kier molecular flexibility index (Phi) is 11.2. The minimum absolute atomic E-state index is 0.0246. The van der Waals surface area contributed by atoms with Crippen molar-refractivity contribution in [1.82, 2.24) is 10.2 Å². The molecule has 0 bridgehead atoms. The molecule has 0 spiro atoms. The lowest BCUT2D eigenvalue weighted by molar-refractivity contribution is -0.140. The zero-order valence-corrected chi connectivity index (χ0v) is 28.7. The van der Waals surface area contributed by atoms with Crippen molar-refractivity contribution in [2.75, 3.05) is 24.1 Å². The van der Waals surface area contributed by atoms with Gasteiger partial charge in [-0.25, -0.2) is 8.42 Å². The molecule has 0 aliphatic carbocycles. The smallest absolute Gasteiger partial charge is 0.264 e. The van der Waals surface area contributed by atoms with Gasteiger partial charge in [0.05, 0.1) is 10.6 Å². The number of amides is 2. The number of hydrogen-bond acceptors (Lipinski definition) is 6. The molecule has 9 nitrogen and oxygen atoms in total. The van der Waals surface area contributed by atoms with Gasteiger partial charge < -0.3 is 19.7 Å². The molecule has 2 unspecified atom stereocenters. The Morgan fingerprint density at radius 3 is 2.19 bits per heavy atom. The number of sulfonamides is 1. The predicted octanol–water partition coefficient (Wildman–Crippen LogP) is 5.97. The van der Waals surface area contributed by atoms with Crippen molar-refractivity contribution in [3.8, 4) is 11.5 Å². The zero-order valence-electron chi connectivity index (χ0n) is 26.3. The number of carbonyl (C=O) groups excluding carboxylic acids is 2. The third kappa shape index (κ3) is 8.52. The standard InChI is InChI=1S/C36H38BrN3O6S/c1-3-26(2)38-36(42)32(22-27-11-6-4-7-12-27)39(24-28-13-10-14-29(37)21-28)35(41)25-40(47(43,44)31-15-8-5-9-16-31)30-17-18-33-34(23-30)46-20-19-45-33/h4-18,21,23,26,32H,3,19-20,22,24-25H2,1-2H3,(H,38,42). The molecule has 5 rings (SSSR count). The Bertz CT molecular complexity index is 1790. The molecule has 0 saturated carbocycles. The molecule has 0 saturated heterocycles. The van der Waals surface area contributed by atoms with Gasteiger partial charge in [0.1, 0.15) is 25.8 Å². The lowest BCUT2D eigenvalue weighted by atomic mass is 10.0. The van der Waals surface area contributed by atoms with Crippen molar-refractivity contribution in [1.29, 1.82) is 0 Å². The number of benzene rings is 4. The van der Waals surface area contributed by atoms with E-state index in [2.05, 4.69) is 21.2 Å². The summed E-state index contributed by atoms with van der Waals surface area (Å²) in [6.07, 6.45) is 0.939. The maximum absolute atomic E-state index is 14.6. The van der Waals surface area contributed by atoms with Crippen LogP contribution >= 0.6 is 15.9 Å². The van der Waals surface area contributed by atoms with Crippen LogP contribution in [0, 0.1) is 0 Å². The average molecular weight is 721 g/mol. The summed E-state index contributed by atoms with van der Waals surface area (Å²) in [5.41, 5.74) is 1.88. The molecule has 4 aromatic rings. The predicted molar refractivity (Wildman–Crippen MR) is 185 cm³/mol. The fraction of sp³-hybridized carbons (Fsp3) is 0.278. The second-order valence-corrected chi connectivity index (χ2v) is 14.1. The van der Waals surface area contributed by atoms with E-state index in [1.807, 2.05) is 68.4 Å². The lowest BCUT2D eigenvalue weighted by Crippen LogP contribution is -2.54. The first-order chi connectivity index (χ1) is 22.7. The van der Waals surface area contributed by atoms with Crippen LogP contribution in [0.4, 0.5) is 5.69 Å². The molecule has 0 fully saturated rings. The second-order valence-electron chi connectivity index (χ2n) is 11.3. The molecular formula is C36H38BrN3O6S. The summed E-state index contributed by atoms with van der Waals surface area (Å²) >= 11 is 3.51. The number of nitrogens with zero attached hydrogens (tertiary/aromatic N) is 2. The average Bonchev–Trinajstić information content (AvgIpc) is 3.09. The number of nitrogens with one attached hydrogen (secondary N) is 1. The van der Waals surface area contributed by atoms with Crippen LogP contribution in [0.5, 0.6) is 11.5 Å². The Labute approximate surface area is 284 Å². The summed E-state index contributed by atoms with van der Waals surface area (Å²) in [5.74, 6) is 0.0163. The number of carbonyl (C=O) groups is 2. The molecule has 246 valence electrons. The van der Waals surface area contributed by atoms with Crippen LogP contribution < -0.4 is 19.1 Å². The van der Waals surface area contributed by atoms with E-state index in [4.69, 9.17) is 9.47 Å². The Hall–Kier alpha value is -4.35. The minimum Gasteiger partial charge on any atom is -0.486 e. The van der Waals surface area contributed by atoms with Gasteiger partial charge in [-0.15, -0.1) is 0 Å². The molecule has 2 amide bonds. The van der Waals surface area contributed by atoms with Crippen molar-refractivity contribution in [2.45, 2.75) is 50.2 Å². The first-order valence-electron chi connectivity index (χ1n) is 15.5. The topological polar surface area (TPSA) is 105 Å². The maximum atomic E-state index is 14.6. The highest BCUT2D eigenvalue weighted by Gasteiger charge is 2.35. The van der Waals surface area contributed by atoms with Gasteiger partial charge in [-0.1, -0.05) is 83.5 Å². The molecule has 0 radical (unpaired) electrons. The number of ether oxygens (including phenoxy) is 2. The van der Waals surface area contributed by atoms with Crippen LogP contribution in [0.15, 0.2) is 112 Å². The monoisotopic (exact) mass is 719 g/mol. The van der Waals surface area contributed by atoms with Crippen LogP contribution in [-0.2, 0) is 32.6 Å². The largest absolute Gasteiger partial charge is 0.486 e. The van der Waals surface area contributed by atoms with Crippen LogP contribution in [0.3, 0.4) is 0 Å². The van der Waals surface area contributed by atoms with E-state index in [0.29, 0.717) is 31.1 Å². The summed E-state index contributed by atoms with van der Waals surface area (Å²) in [6.45, 7) is 4.09. The summed E-state index contributed by atoms with van der Waals surface area (Å²) in [5, 5.41) is 3.05. The normalized spacial score (nSPS) is 13.7. The van der Waals surface area contributed by atoms with Gasteiger partial charge in [-0.2, -0.15) is 0 Å². The number of anilines is 1. The highest BCUT2D eigenvalue weighted by atomic mass is 79.9. The van der Waals surface area contributed by atoms with Gasteiger partial charge >= 0.3 is 0 Å². The van der Waals surface area contributed by atoms with Gasteiger partial charge in [-0.3, -0.25) is 13.9 Å². The zero-order chi connectivity index (χ0) is 33.4. The first kappa shape index (κ1) is 34.0. The SMILES string of the molecule is CCC(C)NC(=O)C(Cc1ccccc1)N(Cc1cccc(Br)c1)C(=O)CN(c1ccc2c(c1)OCCO2)S(=O)(=O)c1ccccc1. The van der Waals surface area contributed by atoms with Crippen molar-refractivity contribution in [3.05, 3.63) is 119 Å². The summed E-state index contributed by atoms with van der Waals surface area (Å²) in [4.78, 5) is 30.1. The summed E-state index contributed by atoms with van der Waals surface area (Å²) < 4.78 is 41.8. The van der Waals surface area contributed by atoms with E-state index in [1.165, 1.54) is 17.0 Å². The number of fused-ring (bicyclic) bond motifs is 1. The van der Waals surface area contributed by atoms with Crippen molar-refractivity contribution in [3.63, 3.8) is 0 Å². The van der Waals surface area contributed by atoms with E-state index >= 15 is 0 Å². The molecule has 1 heterocycles. The molecule has 4 aromatic carbocycles.